The van der Waals surface area contributed by atoms with Crippen molar-refractivity contribution in [2.24, 2.45) is 22.9 Å². The molecule has 0 saturated carbocycles. The number of aromatic nitrogens is 2. The lowest BCUT2D eigenvalue weighted by atomic mass is 10.1. The number of imidazole rings is 1. The molecule has 1 aromatic carbocycles. The van der Waals surface area contributed by atoms with Crippen LogP contribution in [0.3, 0.4) is 0 Å². The summed E-state index contributed by atoms with van der Waals surface area (Å²) in [4.78, 5) is 4.00. The molecular formula is C18H21N6+. The smallest absolute Gasteiger partial charge is 0.286 e. The van der Waals surface area contributed by atoms with Crippen molar-refractivity contribution < 1.29 is 4.40 Å². The summed E-state index contributed by atoms with van der Waals surface area (Å²) in [5.74, 6) is 0.317. The van der Waals surface area contributed by atoms with E-state index in [1.165, 1.54) is 0 Å². The van der Waals surface area contributed by atoms with E-state index in [1.54, 1.807) is 6.21 Å². The molecule has 0 fully saturated rings. The zero-order chi connectivity index (χ0) is 16.9. The molecule has 3 aromatic rings. The molecular weight excluding hydrogens is 300 g/mol. The number of hydrogen-bond acceptors (Lipinski definition) is 2. The number of nitrogens with two attached hydrogens (primary N) is 1. The Morgan fingerprint density at radius 3 is 2.75 bits per heavy atom. The van der Waals surface area contributed by atoms with Crippen LogP contribution in [0, 0.1) is 0 Å². The number of fused-ring (bicyclic) bond motifs is 1. The highest BCUT2D eigenvalue weighted by molar-refractivity contribution is 5.83. The minimum atomic E-state index is 0.317. The van der Waals surface area contributed by atoms with Gasteiger partial charge in [-0.05, 0) is 30.7 Å². The number of aryl methyl sites for hydroxylation is 1. The van der Waals surface area contributed by atoms with Crippen LogP contribution < -0.4 is 15.6 Å². The maximum Gasteiger partial charge on any atom is 0.286 e. The van der Waals surface area contributed by atoms with Crippen molar-refractivity contribution >= 4 is 17.8 Å². The Bertz CT molecular complexity index is 890. The number of hydrogen-bond donors (Lipinski definition) is 2. The van der Waals surface area contributed by atoms with Gasteiger partial charge in [0, 0.05) is 18.2 Å². The van der Waals surface area contributed by atoms with Gasteiger partial charge in [-0.2, -0.15) is 5.10 Å². The largest absolute Gasteiger partial charge is 0.369 e. The highest BCUT2D eigenvalue weighted by Gasteiger charge is 2.14. The third kappa shape index (κ3) is 3.27. The van der Waals surface area contributed by atoms with Crippen LogP contribution in [-0.2, 0) is 7.05 Å². The molecule has 3 rings (SSSR count). The molecule has 0 aliphatic carbocycles. The Morgan fingerprint density at radius 1 is 1.25 bits per heavy atom. The lowest BCUT2D eigenvalue weighted by Crippen LogP contribution is -2.27. The van der Waals surface area contributed by atoms with Gasteiger partial charge in [0.15, 0.2) is 5.69 Å². The van der Waals surface area contributed by atoms with E-state index in [1.807, 2.05) is 37.4 Å². The summed E-state index contributed by atoms with van der Waals surface area (Å²) < 4.78 is 4.29. The van der Waals surface area contributed by atoms with Crippen LogP contribution >= 0.6 is 0 Å². The van der Waals surface area contributed by atoms with E-state index in [0.717, 1.165) is 22.5 Å². The van der Waals surface area contributed by atoms with Gasteiger partial charge >= 0.3 is 0 Å². The molecule has 2 aromatic heterocycles. The monoisotopic (exact) mass is 321 g/mol. The van der Waals surface area contributed by atoms with Crippen LogP contribution in [0.5, 0.6) is 0 Å². The number of nitrogens with one attached hydrogen (secondary N) is 1. The summed E-state index contributed by atoms with van der Waals surface area (Å²) in [5, 5.41) is 4.07. The SMILES string of the molecule is CCN=C(N)N/N=C\c1ccc(-c2c[n+]3ccccc3n2C)cc1. The highest BCUT2D eigenvalue weighted by atomic mass is 15.3. The van der Waals surface area contributed by atoms with Crippen molar-refractivity contribution in [1.29, 1.82) is 0 Å². The quantitative estimate of drug-likeness (QED) is 0.332. The standard InChI is InChI=1S/C18H21N6/c1-3-20-18(19)22-21-12-14-7-9-15(10-8-14)16-13-24-11-5-4-6-17(24)23(16)2/h4-13H,3H2,1-2H3,(H3,19,20,22)/q+1/b21-12-. The number of pyridine rings is 1. The lowest BCUT2D eigenvalue weighted by Gasteiger charge is -2.00. The summed E-state index contributed by atoms with van der Waals surface area (Å²) in [6, 6.07) is 14.4. The van der Waals surface area contributed by atoms with Gasteiger partial charge in [-0.3, -0.25) is 4.99 Å². The van der Waals surface area contributed by atoms with E-state index in [-0.39, 0.29) is 0 Å². The molecule has 6 heteroatoms. The maximum atomic E-state index is 5.62. The van der Waals surface area contributed by atoms with E-state index in [2.05, 4.69) is 55.9 Å². The second-order valence-electron chi connectivity index (χ2n) is 5.39. The van der Waals surface area contributed by atoms with Gasteiger partial charge in [0.05, 0.1) is 19.5 Å². The molecule has 0 amide bonds. The van der Waals surface area contributed by atoms with Gasteiger partial charge in [-0.1, -0.05) is 18.2 Å². The second-order valence-corrected chi connectivity index (χ2v) is 5.39. The minimum absolute atomic E-state index is 0.317. The first-order valence-corrected chi connectivity index (χ1v) is 7.84. The van der Waals surface area contributed by atoms with Gasteiger partial charge < -0.3 is 5.73 Å². The van der Waals surface area contributed by atoms with Crippen molar-refractivity contribution in [3.05, 3.63) is 60.4 Å². The number of aliphatic imine (C=N–C) groups is 1. The van der Waals surface area contributed by atoms with E-state index in [4.69, 9.17) is 5.73 Å². The van der Waals surface area contributed by atoms with Crippen molar-refractivity contribution in [2.45, 2.75) is 6.92 Å². The van der Waals surface area contributed by atoms with E-state index in [9.17, 15) is 0 Å². The van der Waals surface area contributed by atoms with Crippen LogP contribution in [0.4, 0.5) is 0 Å². The van der Waals surface area contributed by atoms with Crippen molar-refractivity contribution in [2.75, 3.05) is 6.54 Å². The minimum Gasteiger partial charge on any atom is -0.369 e. The second kappa shape index (κ2) is 6.95. The Balaban J connectivity index is 1.80. The summed E-state index contributed by atoms with van der Waals surface area (Å²) >= 11 is 0. The summed E-state index contributed by atoms with van der Waals surface area (Å²) in [6.07, 6.45) is 5.90. The van der Waals surface area contributed by atoms with Crippen molar-refractivity contribution in [3.8, 4) is 11.3 Å². The van der Waals surface area contributed by atoms with Crippen LogP contribution in [0.15, 0.2) is 65.0 Å². The molecule has 3 N–H and O–H groups in total. The normalized spacial score (nSPS) is 12.2. The number of benzene rings is 1. The first-order valence-electron chi connectivity index (χ1n) is 7.84. The van der Waals surface area contributed by atoms with Crippen LogP contribution in [0.1, 0.15) is 12.5 Å². The lowest BCUT2D eigenvalue weighted by molar-refractivity contribution is -0.510. The Hall–Kier alpha value is -3.15. The van der Waals surface area contributed by atoms with Gasteiger partial charge in [0.1, 0.15) is 6.20 Å². The topological polar surface area (TPSA) is 71.8 Å². The van der Waals surface area contributed by atoms with Gasteiger partial charge in [0.25, 0.3) is 5.65 Å². The molecule has 0 aliphatic rings. The van der Waals surface area contributed by atoms with Gasteiger partial charge in [-0.15, -0.1) is 0 Å². The first kappa shape index (κ1) is 15.7. The molecule has 0 aliphatic heterocycles. The third-order valence-corrected chi connectivity index (χ3v) is 3.76. The van der Waals surface area contributed by atoms with E-state index in [0.29, 0.717) is 12.5 Å². The Labute approximate surface area is 141 Å². The maximum absolute atomic E-state index is 5.62. The Kier molecular flexibility index (Phi) is 4.56. The fraction of sp³-hybridized carbons (Fsp3) is 0.167. The fourth-order valence-corrected chi connectivity index (χ4v) is 2.57. The Morgan fingerprint density at radius 2 is 2.04 bits per heavy atom. The molecule has 0 spiro atoms. The average molecular weight is 321 g/mol. The fourth-order valence-electron chi connectivity index (χ4n) is 2.57. The predicted octanol–water partition coefficient (Wildman–Crippen LogP) is 1.69. The van der Waals surface area contributed by atoms with Crippen LogP contribution in [0.2, 0.25) is 0 Å². The van der Waals surface area contributed by atoms with Gasteiger partial charge in [-0.25, -0.2) is 14.4 Å². The molecule has 0 saturated heterocycles. The molecule has 122 valence electrons. The molecule has 0 unspecified atom stereocenters. The molecule has 0 bridgehead atoms. The molecule has 0 radical (unpaired) electrons. The zero-order valence-corrected chi connectivity index (χ0v) is 13.8. The number of rotatable bonds is 4. The first-order chi connectivity index (χ1) is 11.7. The molecule has 24 heavy (non-hydrogen) atoms. The predicted molar refractivity (Wildman–Crippen MR) is 96.9 cm³/mol. The summed E-state index contributed by atoms with van der Waals surface area (Å²) in [7, 11) is 2.07. The highest BCUT2D eigenvalue weighted by Crippen LogP contribution is 2.19. The van der Waals surface area contributed by atoms with Crippen molar-refractivity contribution in [3.63, 3.8) is 0 Å². The molecule has 2 heterocycles. The number of nitrogens with zero attached hydrogens (tertiary/aromatic N) is 4. The summed E-state index contributed by atoms with van der Waals surface area (Å²) in [6.45, 7) is 2.55. The average Bonchev–Trinajstić information content (AvgIpc) is 2.93. The zero-order valence-electron chi connectivity index (χ0n) is 13.8. The van der Waals surface area contributed by atoms with Crippen LogP contribution in [0.25, 0.3) is 16.9 Å². The van der Waals surface area contributed by atoms with E-state index < -0.39 is 0 Å². The van der Waals surface area contributed by atoms with Crippen LogP contribution in [-0.4, -0.2) is 23.3 Å². The molecule has 6 nitrogen and oxygen atoms in total. The summed E-state index contributed by atoms with van der Waals surface area (Å²) in [5.41, 5.74) is 12.8. The molecule has 0 atom stereocenters. The van der Waals surface area contributed by atoms with E-state index >= 15 is 0 Å². The van der Waals surface area contributed by atoms with Gasteiger partial charge in [0.2, 0.25) is 5.96 Å². The third-order valence-electron chi connectivity index (χ3n) is 3.76. The van der Waals surface area contributed by atoms with Crippen molar-refractivity contribution in [1.82, 2.24) is 9.99 Å². The number of hydrazone groups is 1. The number of guanidine groups is 1.